The Kier molecular flexibility index (Phi) is 3.13. The number of halogens is 1. The van der Waals surface area contributed by atoms with Crippen LogP contribution in [0.4, 0.5) is 5.69 Å². The number of rotatable bonds is 3. The Morgan fingerprint density at radius 3 is 2.88 bits per heavy atom. The van der Waals surface area contributed by atoms with Crippen LogP contribution in [0.3, 0.4) is 0 Å². The van der Waals surface area contributed by atoms with Crippen molar-refractivity contribution in [3.8, 4) is 6.07 Å². The summed E-state index contributed by atoms with van der Waals surface area (Å²) >= 11 is 5.92. The third-order valence-corrected chi connectivity index (χ3v) is 2.56. The Labute approximate surface area is 98.7 Å². The molecule has 0 atom stereocenters. The van der Waals surface area contributed by atoms with E-state index in [1.165, 1.54) is 5.56 Å². The van der Waals surface area contributed by atoms with Gasteiger partial charge in [-0.15, -0.1) is 0 Å². The number of nitrogens with one attached hydrogen (secondary N) is 2. The van der Waals surface area contributed by atoms with Gasteiger partial charge >= 0.3 is 0 Å². The Balaban J connectivity index is 2.06. The van der Waals surface area contributed by atoms with Crippen molar-refractivity contribution in [1.82, 2.24) is 4.98 Å². The summed E-state index contributed by atoms with van der Waals surface area (Å²) in [6.07, 6.45) is 3.81. The van der Waals surface area contributed by atoms with Gasteiger partial charge in [0.2, 0.25) is 0 Å². The van der Waals surface area contributed by atoms with Gasteiger partial charge in [0.05, 0.1) is 10.6 Å². The molecule has 1 heterocycles. The normalized spacial score (nSPS) is 9.75. The van der Waals surface area contributed by atoms with Crippen molar-refractivity contribution in [1.29, 1.82) is 5.26 Å². The van der Waals surface area contributed by atoms with Crippen LogP contribution in [0.15, 0.2) is 36.7 Å². The Morgan fingerprint density at radius 1 is 1.38 bits per heavy atom. The maximum atomic E-state index is 8.73. The van der Waals surface area contributed by atoms with Crippen LogP contribution in [0.5, 0.6) is 0 Å². The topological polar surface area (TPSA) is 51.6 Å². The average molecular weight is 232 g/mol. The summed E-state index contributed by atoms with van der Waals surface area (Å²) in [5, 5.41) is 12.4. The van der Waals surface area contributed by atoms with Gasteiger partial charge in [-0.3, -0.25) is 0 Å². The van der Waals surface area contributed by atoms with E-state index >= 15 is 0 Å². The molecule has 0 bridgehead atoms. The second-order valence-corrected chi connectivity index (χ2v) is 3.79. The molecule has 0 aliphatic rings. The van der Waals surface area contributed by atoms with E-state index < -0.39 is 0 Å². The van der Waals surface area contributed by atoms with Crippen molar-refractivity contribution >= 4 is 17.3 Å². The first-order chi connectivity index (χ1) is 7.79. The number of hydrogen-bond acceptors (Lipinski definition) is 2. The largest absolute Gasteiger partial charge is 0.381 e. The maximum Gasteiger partial charge on any atom is 0.101 e. The molecule has 2 rings (SSSR count). The lowest BCUT2D eigenvalue weighted by atomic mass is 10.2. The molecule has 0 unspecified atom stereocenters. The molecule has 80 valence electrons. The van der Waals surface area contributed by atoms with Gasteiger partial charge in [0.1, 0.15) is 6.07 Å². The molecule has 3 nitrogen and oxygen atoms in total. The number of aromatic nitrogens is 1. The van der Waals surface area contributed by atoms with Gasteiger partial charge < -0.3 is 10.3 Å². The molecule has 0 saturated heterocycles. The number of nitriles is 1. The van der Waals surface area contributed by atoms with E-state index in [0.717, 1.165) is 12.2 Å². The molecule has 0 aliphatic carbocycles. The first kappa shape index (κ1) is 10.6. The second kappa shape index (κ2) is 4.73. The zero-order chi connectivity index (χ0) is 11.4. The number of hydrogen-bond donors (Lipinski definition) is 2. The monoisotopic (exact) mass is 231 g/mol. The van der Waals surface area contributed by atoms with Gasteiger partial charge in [-0.2, -0.15) is 5.26 Å². The SMILES string of the molecule is N#Cc1ccc(NCc2cc[nH]c2)cc1Cl. The van der Waals surface area contributed by atoms with Crippen LogP contribution < -0.4 is 5.32 Å². The molecule has 0 amide bonds. The third kappa shape index (κ3) is 2.36. The van der Waals surface area contributed by atoms with Gasteiger partial charge in [-0.1, -0.05) is 11.6 Å². The molecule has 1 aromatic heterocycles. The van der Waals surface area contributed by atoms with Crippen molar-refractivity contribution in [3.63, 3.8) is 0 Å². The van der Waals surface area contributed by atoms with E-state index in [1.807, 2.05) is 30.6 Å². The predicted octanol–water partition coefficient (Wildman–Crippen LogP) is 3.15. The third-order valence-electron chi connectivity index (χ3n) is 2.25. The molecule has 0 saturated carbocycles. The summed E-state index contributed by atoms with van der Waals surface area (Å²) in [5.41, 5.74) is 2.57. The lowest BCUT2D eigenvalue weighted by Gasteiger charge is -2.05. The van der Waals surface area contributed by atoms with Gasteiger partial charge in [0, 0.05) is 24.6 Å². The van der Waals surface area contributed by atoms with Crippen molar-refractivity contribution in [2.45, 2.75) is 6.54 Å². The van der Waals surface area contributed by atoms with Crippen LogP contribution >= 0.6 is 11.6 Å². The minimum absolute atomic E-state index is 0.474. The van der Waals surface area contributed by atoms with Crippen LogP contribution in [0.2, 0.25) is 5.02 Å². The highest BCUT2D eigenvalue weighted by atomic mass is 35.5. The van der Waals surface area contributed by atoms with E-state index in [4.69, 9.17) is 16.9 Å². The molecular weight excluding hydrogens is 222 g/mol. The summed E-state index contributed by atoms with van der Waals surface area (Å²) in [6.45, 7) is 0.728. The molecule has 0 aliphatic heterocycles. The van der Waals surface area contributed by atoms with E-state index in [0.29, 0.717) is 10.6 Å². The smallest absolute Gasteiger partial charge is 0.101 e. The number of aromatic amines is 1. The summed E-state index contributed by atoms with van der Waals surface area (Å²) < 4.78 is 0. The van der Waals surface area contributed by atoms with Crippen LogP contribution in [-0.4, -0.2) is 4.98 Å². The quantitative estimate of drug-likeness (QED) is 0.853. The Morgan fingerprint density at radius 2 is 2.25 bits per heavy atom. The molecular formula is C12H10ClN3. The minimum atomic E-state index is 0.474. The average Bonchev–Trinajstić information content (AvgIpc) is 2.79. The molecule has 16 heavy (non-hydrogen) atoms. The molecule has 2 N–H and O–H groups in total. The number of H-pyrrole nitrogens is 1. The summed E-state index contributed by atoms with van der Waals surface area (Å²) in [5.74, 6) is 0. The number of nitrogens with zero attached hydrogens (tertiary/aromatic N) is 1. The van der Waals surface area contributed by atoms with Gasteiger partial charge in [-0.25, -0.2) is 0 Å². The van der Waals surface area contributed by atoms with Gasteiger partial charge in [0.15, 0.2) is 0 Å². The zero-order valence-corrected chi connectivity index (χ0v) is 9.25. The first-order valence-corrected chi connectivity index (χ1v) is 5.22. The lowest BCUT2D eigenvalue weighted by molar-refractivity contribution is 1.15. The summed E-state index contributed by atoms with van der Waals surface area (Å²) in [6, 6.07) is 9.34. The molecule has 2 aromatic rings. The molecule has 1 aromatic carbocycles. The second-order valence-electron chi connectivity index (χ2n) is 3.38. The highest BCUT2D eigenvalue weighted by molar-refractivity contribution is 6.32. The van der Waals surface area contributed by atoms with Crippen molar-refractivity contribution in [3.05, 3.63) is 52.8 Å². The Bertz CT molecular complexity index is 512. The van der Waals surface area contributed by atoms with E-state index in [-0.39, 0.29) is 0 Å². The van der Waals surface area contributed by atoms with Crippen LogP contribution in [0.25, 0.3) is 0 Å². The fourth-order valence-electron chi connectivity index (χ4n) is 1.39. The molecule has 0 radical (unpaired) electrons. The fraction of sp³-hybridized carbons (Fsp3) is 0.0833. The van der Waals surface area contributed by atoms with Gasteiger partial charge in [0.25, 0.3) is 0 Å². The van der Waals surface area contributed by atoms with Gasteiger partial charge in [-0.05, 0) is 29.8 Å². The van der Waals surface area contributed by atoms with Crippen LogP contribution in [-0.2, 0) is 6.54 Å². The molecule has 0 fully saturated rings. The zero-order valence-electron chi connectivity index (χ0n) is 8.50. The Hall–Kier alpha value is -1.92. The predicted molar refractivity (Wildman–Crippen MR) is 64.3 cm³/mol. The summed E-state index contributed by atoms with van der Waals surface area (Å²) in [4.78, 5) is 2.99. The summed E-state index contributed by atoms with van der Waals surface area (Å²) in [7, 11) is 0. The van der Waals surface area contributed by atoms with Crippen molar-refractivity contribution in [2.24, 2.45) is 0 Å². The van der Waals surface area contributed by atoms with E-state index in [2.05, 4.69) is 10.3 Å². The van der Waals surface area contributed by atoms with E-state index in [9.17, 15) is 0 Å². The van der Waals surface area contributed by atoms with Crippen molar-refractivity contribution < 1.29 is 0 Å². The lowest BCUT2D eigenvalue weighted by Crippen LogP contribution is -1.98. The fourth-order valence-corrected chi connectivity index (χ4v) is 1.61. The highest BCUT2D eigenvalue weighted by Crippen LogP contribution is 2.20. The van der Waals surface area contributed by atoms with E-state index in [1.54, 1.807) is 12.1 Å². The number of benzene rings is 1. The minimum Gasteiger partial charge on any atom is -0.381 e. The highest BCUT2D eigenvalue weighted by Gasteiger charge is 2.00. The molecule has 4 heteroatoms. The van der Waals surface area contributed by atoms with Crippen molar-refractivity contribution in [2.75, 3.05) is 5.32 Å². The number of anilines is 1. The van der Waals surface area contributed by atoms with Crippen LogP contribution in [0.1, 0.15) is 11.1 Å². The molecule has 0 spiro atoms. The maximum absolute atomic E-state index is 8.73. The van der Waals surface area contributed by atoms with Crippen LogP contribution in [0, 0.1) is 11.3 Å². The first-order valence-electron chi connectivity index (χ1n) is 4.85. The standard InChI is InChI=1S/C12H10ClN3/c13-12-5-11(2-1-10(12)6-14)16-8-9-3-4-15-7-9/h1-5,7,15-16H,8H2.